The molecule has 1 aromatic carbocycles. The summed E-state index contributed by atoms with van der Waals surface area (Å²) in [5.41, 5.74) is 0.609. The monoisotopic (exact) mass is 365 g/mol. The van der Waals surface area contributed by atoms with Gasteiger partial charge in [0.1, 0.15) is 22.2 Å². The molecule has 1 aliphatic rings. The predicted molar refractivity (Wildman–Crippen MR) is 90.8 cm³/mol. The number of ether oxygens (including phenoxy) is 1. The molecule has 0 saturated heterocycles. The second-order valence-corrected chi connectivity index (χ2v) is 7.26. The highest BCUT2D eigenvalue weighted by molar-refractivity contribution is 7.14. The molecule has 0 bridgehead atoms. The number of esters is 1. The molecule has 0 radical (unpaired) electrons. The van der Waals surface area contributed by atoms with Crippen LogP contribution >= 0.6 is 11.3 Å². The number of aryl methyl sites for hydroxylation is 1. The molecule has 0 spiro atoms. The second kappa shape index (κ2) is 7.31. The van der Waals surface area contributed by atoms with E-state index in [1.807, 2.05) is 6.07 Å². The Hall–Kier alpha value is -2.28. The number of anilines is 1. The number of thiophene rings is 1. The molecule has 1 heterocycles. The Balaban J connectivity index is 1.58. The molecule has 0 fully saturated rings. The van der Waals surface area contributed by atoms with E-state index in [4.69, 9.17) is 4.74 Å². The fraction of sp³-hybridized carbons (Fsp3) is 0.333. The lowest BCUT2D eigenvalue weighted by molar-refractivity contribution is -0.119. The molecule has 3 rings (SSSR count). The van der Waals surface area contributed by atoms with Gasteiger partial charge >= 0.3 is 5.97 Å². The number of carbonyl (C=O) groups excluding carboxylic acids is 2. The first-order chi connectivity index (χ1) is 11.9. The lowest BCUT2D eigenvalue weighted by atomic mass is 9.90. The first-order valence-corrected chi connectivity index (χ1v) is 8.78. The number of fused-ring (bicyclic) bond motifs is 1. The van der Waals surface area contributed by atoms with E-state index in [1.54, 1.807) is 0 Å². The molecule has 1 atom stereocenters. The first kappa shape index (κ1) is 17.5. The minimum absolute atomic E-state index is 0.448. The number of para-hydroxylation sites is 1. The van der Waals surface area contributed by atoms with E-state index in [2.05, 4.69) is 12.2 Å². The predicted octanol–water partition coefficient (Wildman–Crippen LogP) is 3.95. The van der Waals surface area contributed by atoms with Crippen molar-refractivity contribution in [2.24, 2.45) is 5.92 Å². The van der Waals surface area contributed by atoms with Gasteiger partial charge in [0, 0.05) is 4.88 Å². The molecule has 0 unspecified atom stereocenters. The maximum absolute atomic E-state index is 13.5. The van der Waals surface area contributed by atoms with Crippen LogP contribution in [0.15, 0.2) is 24.3 Å². The summed E-state index contributed by atoms with van der Waals surface area (Å²) in [4.78, 5) is 25.5. The topological polar surface area (TPSA) is 55.4 Å². The molecule has 0 saturated carbocycles. The maximum Gasteiger partial charge on any atom is 0.348 e. The molecule has 25 heavy (non-hydrogen) atoms. The van der Waals surface area contributed by atoms with Gasteiger partial charge in [-0.25, -0.2) is 13.6 Å². The summed E-state index contributed by atoms with van der Waals surface area (Å²) in [7, 11) is 0. The average Bonchev–Trinajstić information content (AvgIpc) is 2.99. The SMILES string of the molecule is C[C@@H]1CCc2sc(C(=O)OCC(=O)Nc3c(F)cccc3F)cc2C1. The molecule has 2 aromatic rings. The van der Waals surface area contributed by atoms with Crippen LogP contribution in [0.4, 0.5) is 14.5 Å². The largest absolute Gasteiger partial charge is 0.451 e. The Morgan fingerprint density at radius 2 is 2.04 bits per heavy atom. The number of amides is 1. The van der Waals surface area contributed by atoms with Gasteiger partial charge in [0.25, 0.3) is 5.91 Å². The van der Waals surface area contributed by atoms with Crippen LogP contribution in [0, 0.1) is 17.6 Å². The van der Waals surface area contributed by atoms with Crippen LogP contribution in [-0.2, 0) is 22.4 Å². The normalized spacial score (nSPS) is 16.2. The van der Waals surface area contributed by atoms with Crippen molar-refractivity contribution in [1.29, 1.82) is 0 Å². The van der Waals surface area contributed by atoms with Gasteiger partial charge < -0.3 is 10.1 Å². The molecule has 1 N–H and O–H groups in total. The number of hydrogen-bond acceptors (Lipinski definition) is 4. The van der Waals surface area contributed by atoms with Crippen LogP contribution < -0.4 is 5.32 Å². The van der Waals surface area contributed by atoms with Gasteiger partial charge in [-0.3, -0.25) is 4.79 Å². The number of benzene rings is 1. The summed E-state index contributed by atoms with van der Waals surface area (Å²) < 4.78 is 31.9. The van der Waals surface area contributed by atoms with Crippen molar-refractivity contribution in [3.05, 3.63) is 51.2 Å². The number of nitrogens with one attached hydrogen (secondary N) is 1. The van der Waals surface area contributed by atoms with Crippen LogP contribution in [0.2, 0.25) is 0 Å². The van der Waals surface area contributed by atoms with E-state index >= 15 is 0 Å². The molecule has 4 nitrogen and oxygen atoms in total. The van der Waals surface area contributed by atoms with Crippen LogP contribution in [0.1, 0.15) is 33.5 Å². The molecule has 0 aliphatic heterocycles. The van der Waals surface area contributed by atoms with E-state index in [0.717, 1.165) is 37.0 Å². The third-order valence-corrected chi connectivity index (χ3v) is 5.31. The van der Waals surface area contributed by atoms with Crippen LogP contribution in [0.25, 0.3) is 0 Å². The highest BCUT2D eigenvalue weighted by Gasteiger charge is 2.22. The standard InChI is InChI=1S/C18H17F2NO3S/c1-10-5-6-14-11(7-10)8-15(25-14)18(23)24-9-16(22)21-17-12(19)3-2-4-13(17)20/h2-4,8,10H,5-7,9H2,1H3,(H,21,22)/t10-/m1/s1. The van der Waals surface area contributed by atoms with E-state index in [9.17, 15) is 18.4 Å². The number of rotatable bonds is 4. The summed E-state index contributed by atoms with van der Waals surface area (Å²) in [6.45, 7) is 1.57. The van der Waals surface area contributed by atoms with Crippen LogP contribution in [-0.4, -0.2) is 18.5 Å². The van der Waals surface area contributed by atoms with Crippen molar-refractivity contribution in [2.45, 2.75) is 26.2 Å². The van der Waals surface area contributed by atoms with Crippen LogP contribution in [0.3, 0.4) is 0 Å². The van der Waals surface area contributed by atoms with Gasteiger partial charge in [-0.1, -0.05) is 13.0 Å². The van der Waals surface area contributed by atoms with Gasteiger partial charge in [-0.2, -0.15) is 0 Å². The van der Waals surface area contributed by atoms with E-state index < -0.39 is 35.8 Å². The summed E-state index contributed by atoms with van der Waals surface area (Å²) in [6, 6.07) is 5.07. The van der Waals surface area contributed by atoms with Gasteiger partial charge in [-0.05, 0) is 48.9 Å². The molecule has 132 valence electrons. The van der Waals surface area contributed by atoms with Gasteiger partial charge in [0.15, 0.2) is 6.61 Å². The Kier molecular flexibility index (Phi) is 5.13. The number of carbonyl (C=O) groups is 2. The Labute approximate surface area is 147 Å². The summed E-state index contributed by atoms with van der Waals surface area (Å²) >= 11 is 1.38. The van der Waals surface area contributed by atoms with Gasteiger partial charge in [0.05, 0.1) is 0 Å². The van der Waals surface area contributed by atoms with Crippen molar-refractivity contribution in [1.82, 2.24) is 0 Å². The van der Waals surface area contributed by atoms with Crippen molar-refractivity contribution in [2.75, 3.05) is 11.9 Å². The van der Waals surface area contributed by atoms with Crippen molar-refractivity contribution in [3.8, 4) is 0 Å². The number of halogens is 2. The zero-order chi connectivity index (χ0) is 18.0. The molecule has 1 amide bonds. The molecule has 1 aromatic heterocycles. The maximum atomic E-state index is 13.5. The number of hydrogen-bond donors (Lipinski definition) is 1. The molecular formula is C18H17F2NO3S. The second-order valence-electron chi connectivity index (χ2n) is 6.13. The van der Waals surface area contributed by atoms with E-state index in [0.29, 0.717) is 10.8 Å². The quantitative estimate of drug-likeness (QED) is 0.835. The van der Waals surface area contributed by atoms with Gasteiger partial charge in [0.2, 0.25) is 0 Å². The first-order valence-electron chi connectivity index (χ1n) is 7.96. The molecular weight excluding hydrogens is 348 g/mol. The Bertz CT molecular complexity index is 798. The van der Waals surface area contributed by atoms with Gasteiger partial charge in [-0.15, -0.1) is 11.3 Å². The summed E-state index contributed by atoms with van der Waals surface area (Å²) in [5.74, 6) is -2.59. The zero-order valence-corrected chi connectivity index (χ0v) is 14.4. The minimum Gasteiger partial charge on any atom is -0.451 e. The third kappa shape index (κ3) is 4.04. The lowest BCUT2D eigenvalue weighted by Crippen LogP contribution is -2.21. The van der Waals surface area contributed by atoms with E-state index in [-0.39, 0.29) is 0 Å². The fourth-order valence-corrected chi connectivity index (χ4v) is 3.90. The Morgan fingerprint density at radius 3 is 2.76 bits per heavy atom. The van der Waals surface area contributed by atoms with Crippen molar-refractivity contribution >= 4 is 28.9 Å². The molecule has 1 aliphatic carbocycles. The summed E-state index contributed by atoms with van der Waals surface area (Å²) in [5, 5.41) is 2.08. The molecule has 7 heteroatoms. The fourth-order valence-electron chi connectivity index (χ4n) is 2.80. The highest BCUT2D eigenvalue weighted by atomic mass is 32.1. The average molecular weight is 365 g/mol. The third-order valence-electron chi connectivity index (χ3n) is 4.09. The van der Waals surface area contributed by atoms with Crippen molar-refractivity contribution < 1.29 is 23.1 Å². The lowest BCUT2D eigenvalue weighted by Gasteiger charge is -2.16. The highest BCUT2D eigenvalue weighted by Crippen LogP contribution is 2.32. The Morgan fingerprint density at radius 1 is 1.32 bits per heavy atom. The smallest absolute Gasteiger partial charge is 0.348 e. The summed E-state index contributed by atoms with van der Waals surface area (Å²) in [6.07, 6.45) is 2.98. The zero-order valence-electron chi connectivity index (χ0n) is 13.6. The van der Waals surface area contributed by atoms with Crippen LogP contribution in [0.5, 0.6) is 0 Å². The van der Waals surface area contributed by atoms with Crippen molar-refractivity contribution in [3.63, 3.8) is 0 Å². The van der Waals surface area contributed by atoms with E-state index in [1.165, 1.54) is 22.3 Å². The minimum atomic E-state index is -0.889.